The third kappa shape index (κ3) is 3.39. The second kappa shape index (κ2) is 5.95. The average molecular weight is 295 g/mol. The molecule has 0 aliphatic heterocycles. The van der Waals surface area contributed by atoms with Crippen LogP contribution in [0.15, 0.2) is 47.4 Å². The van der Waals surface area contributed by atoms with Crippen LogP contribution in [-0.2, 0) is 5.75 Å². The number of halogens is 1. The van der Waals surface area contributed by atoms with Crippen LogP contribution in [0.4, 0.5) is 11.4 Å². The van der Waals surface area contributed by atoms with Gasteiger partial charge in [0, 0.05) is 21.7 Å². The number of rotatable bonds is 4. The van der Waals surface area contributed by atoms with Crippen molar-refractivity contribution in [1.29, 1.82) is 0 Å². The molecule has 0 saturated heterocycles. The molecule has 0 aliphatic carbocycles. The number of benzene rings is 2. The van der Waals surface area contributed by atoms with Crippen LogP contribution in [-0.4, -0.2) is 4.92 Å². The first-order valence-corrected chi connectivity index (χ1v) is 6.84. The van der Waals surface area contributed by atoms with Gasteiger partial charge in [-0.3, -0.25) is 10.1 Å². The lowest BCUT2D eigenvalue weighted by Gasteiger charge is -2.06. The Morgan fingerprint density at radius 3 is 2.53 bits per heavy atom. The molecular formula is C13H11ClN2O2S. The van der Waals surface area contributed by atoms with Crippen molar-refractivity contribution in [3.63, 3.8) is 0 Å². The number of nitrogen functional groups attached to an aromatic ring is 1. The highest BCUT2D eigenvalue weighted by Gasteiger charge is 2.14. The first-order valence-electron chi connectivity index (χ1n) is 5.48. The third-order valence-corrected chi connectivity index (χ3v) is 3.89. The Bertz CT molecular complexity index is 602. The van der Waals surface area contributed by atoms with Crippen molar-refractivity contribution in [3.8, 4) is 0 Å². The maximum atomic E-state index is 10.8. The van der Waals surface area contributed by atoms with E-state index in [0.717, 1.165) is 10.5 Å². The van der Waals surface area contributed by atoms with Gasteiger partial charge in [-0.15, -0.1) is 11.8 Å². The van der Waals surface area contributed by atoms with Crippen molar-refractivity contribution in [2.45, 2.75) is 10.6 Å². The second-order valence-electron chi connectivity index (χ2n) is 3.85. The summed E-state index contributed by atoms with van der Waals surface area (Å²) in [6.45, 7) is 0. The zero-order valence-corrected chi connectivity index (χ0v) is 11.4. The molecule has 0 fully saturated rings. The van der Waals surface area contributed by atoms with Crippen LogP contribution in [0, 0.1) is 10.1 Å². The number of nitro groups is 1. The lowest BCUT2D eigenvalue weighted by Crippen LogP contribution is -1.99. The molecule has 19 heavy (non-hydrogen) atoms. The van der Waals surface area contributed by atoms with Gasteiger partial charge in [-0.05, 0) is 29.8 Å². The highest BCUT2D eigenvalue weighted by Crippen LogP contribution is 2.30. The molecule has 0 amide bonds. The van der Waals surface area contributed by atoms with Crippen molar-refractivity contribution < 1.29 is 4.92 Å². The molecule has 0 unspecified atom stereocenters. The molecule has 98 valence electrons. The summed E-state index contributed by atoms with van der Waals surface area (Å²) >= 11 is 7.36. The van der Waals surface area contributed by atoms with Crippen LogP contribution in [0.2, 0.25) is 5.02 Å². The molecule has 0 aliphatic rings. The van der Waals surface area contributed by atoms with Crippen molar-refractivity contribution in [1.82, 2.24) is 0 Å². The van der Waals surface area contributed by atoms with Gasteiger partial charge in [0.2, 0.25) is 0 Å². The fourth-order valence-electron chi connectivity index (χ4n) is 1.58. The molecule has 2 aromatic rings. The van der Waals surface area contributed by atoms with Crippen molar-refractivity contribution in [2.75, 3.05) is 5.73 Å². The molecule has 2 rings (SSSR count). The summed E-state index contributed by atoms with van der Waals surface area (Å²) < 4.78 is 0. The smallest absolute Gasteiger partial charge is 0.292 e. The van der Waals surface area contributed by atoms with Crippen LogP contribution in [0.5, 0.6) is 0 Å². The van der Waals surface area contributed by atoms with E-state index in [1.54, 1.807) is 36.0 Å². The highest BCUT2D eigenvalue weighted by atomic mass is 35.5. The zero-order chi connectivity index (χ0) is 13.8. The number of nitro benzene ring substituents is 1. The predicted molar refractivity (Wildman–Crippen MR) is 78.5 cm³/mol. The molecule has 4 nitrogen and oxygen atoms in total. The minimum atomic E-state index is -0.466. The molecule has 0 bridgehead atoms. The topological polar surface area (TPSA) is 69.2 Å². The van der Waals surface area contributed by atoms with Gasteiger partial charge in [0.25, 0.3) is 5.69 Å². The average Bonchev–Trinajstić information content (AvgIpc) is 2.39. The fourth-order valence-corrected chi connectivity index (χ4v) is 2.60. The van der Waals surface area contributed by atoms with Gasteiger partial charge in [0.1, 0.15) is 5.69 Å². The number of thioether (sulfide) groups is 1. The Hall–Kier alpha value is -1.72. The summed E-state index contributed by atoms with van der Waals surface area (Å²) in [7, 11) is 0. The van der Waals surface area contributed by atoms with Crippen molar-refractivity contribution in [3.05, 3.63) is 63.2 Å². The zero-order valence-electron chi connectivity index (χ0n) is 9.88. The van der Waals surface area contributed by atoms with Crippen molar-refractivity contribution >= 4 is 34.7 Å². The maximum Gasteiger partial charge on any atom is 0.292 e. The van der Waals surface area contributed by atoms with E-state index >= 15 is 0 Å². The number of nitrogens with zero attached hydrogens (tertiary/aromatic N) is 1. The van der Waals surface area contributed by atoms with Gasteiger partial charge in [-0.1, -0.05) is 23.7 Å². The van der Waals surface area contributed by atoms with Gasteiger partial charge >= 0.3 is 0 Å². The molecule has 0 radical (unpaired) electrons. The summed E-state index contributed by atoms with van der Waals surface area (Å²) in [5.41, 5.74) is 6.74. The Morgan fingerprint density at radius 2 is 1.89 bits per heavy atom. The van der Waals surface area contributed by atoms with Gasteiger partial charge in [-0.25, -0.2) is 0 Å². The number of anilines is 1. The summed E-state index contributed by atoms with van der Waals surface area (Å²) in [6.07, 6.45) is 0. The molecule has 2 N–H and O–H groups in total. The Labute approximate surface area is 119 Å². The number of nitrogens with two attached hydrogens (primary N) is 1. The minimum Gasteiger partial charge on any atom is -0.393 e. The number of hydrogen-bond donors (Lipinski definition) is 1. The molecule has 0 atom stereocenters. The van der Waals surface area contributed by atoms with Crippen LogP contribution in [0.1, 0.15) is 5.56 Å². The molecule has 0 aromatic heterocycles. The largest absolute Gasteiger partial charge is 0.393 e. The second-order valence-corrected chi connectivity index (χ2v) is 5.33. The molecule has 0 heterocycles. The summed E-state index contributed by atoms with van der Waals surface area (Å²) in [6, 6.07) is 12.3. The van der Waals surface area contributed by atoms with E-state index in [9.17, 15) is 10.1 Å². The van der Waals surface area contributed by atoms with Gasteiger partial charge in [-0.2, -0.15) is 0 Å². The minimum absolute atomic E-state index is 0.0470. The lowest BCUT2D eigenvalue weighted by atomic mass is 10.2. The summed E-state index contributed by atoms with van der Waals surface area (Å²) in [5, 5.41) is 11.5. The Morgan fingerprint density at radius 1 is 1.21 bits per heavy atom. The normalized spacial score (nSPS) is 10.4. The third-order valence-electron chi connectivity index (χ3n) is 2.58. The van der Waals surface area contributed by atoms with E-state index in [2.05, 4.69) is 0 Å². The van der Waals surface area contributed by atoms with Crippen LogP contribution in [0.3, 0.4) is 0 Å². The van der Waals surface area contributed by atoms with E-state index in [4.69, 9.17) is 17.3 Å². The summed E-state index contributed by atoms with van der Waals surface area (Å²) in [4.78, 5) is 11.4. The monoisotopic (exact) mass is 294 g/mol. The maximum absolute atomic E-state index is 10.8. The first-order chi connectivity index (χ1) is 9.08. The molecule has 0 saturated carbocycles. The number of para-hydroxylation sites is 1. The van der Waals surface area contributed by atoms with E-state index < -0.39 is 4.92 Å². The molecule has 2 aromatic carbocycles. The molecular weight excluding hydrogens is 284 g/mol. The Balaban J connectivity index is 2.13. The fraction of sp³-hybridized carbons (Fsp3) is 0.0769. The van der Waals surface area contributed by atoms with Crippen LogP contribution < -0.4 is 5.73 Å². The van der Waals surface area contributed by atoms with Gasteiger partial charge in [0.15, 0.2) is 0 Å². The van der Waals surface area contributed by atoms with E-state index in [-0.39, 0.29) is 11.4 Å². The van der Waals surface area contributed by atoms with Crippen molar-refractivity contribution in [2.24, 2.45) is 0 Å². The first kappa shape index (κ1) is 13.7. The molecule has 6 heteroatoms. The predicted octanol–water partition coefficient (Wildman–Crippen LogP) is 4.12. The van der Waals surface area contributed by atoms with Crippen LogP contribution in [0.25, 0.3) is 0 Å². The SMILES string of the molecule is Nc1c(CSc2ccc(Cl)cc2)cccc1[N+](=O)[O-]. The standard InChI is InChI=1S/C13H11ClN2O2S/c14-10-4-6-11(7-5-10)19-8-9-2-1-3-12(13(9)15)16(17)18/h1-7H,8,15H2. The van der Waals surface area contributed by atoms with E-state index in [1.807, 2.05) is 12.1 Å². The lowest BCUT2D eigenvalue weighted by molar-refractivity contribution is -0.383. The van der Waals surface area contributed by atoms with Gasteiger partial charge in [0.05, 0.1) is 4.92 Å². The van der Waals surface area contributed by atoms with Gasteiger partial charge < -0.3 is 5.73 Å². The van der Waals surface area contributed by atoms with Crippen LogP contribution >= 0.6 is 23.4 Å². The number of hydrogen-bond acceptors (Lipinski definition) is 4. The van der Waals surface area contributed by atoms with E-state index in [0.29, 0.717) is 10.8 Å². The quantitative estimate of drug-likeness (QED) is 0.398. The highest BCUT2D eigenvalue weighted by molar-refractivity contribution is 7.98. The Kier molecular flexibility index (Phi) is 4.29. The molecule has 0 spiro atoms. The summed E-state index contributed by atoms with van der Waals surface area (Å²) in [5.74, 6) is 0.579. The van der Waals surface area contributed by atoms with E-state index in [1.165, 1.54) is 6.07 Å².